The molecule has 0 spiro atoms. The van der Waals surface area contributed by atoms with Crippen molar-refractivity contribution in [3.05, 3.63) is 28.8 Å². The Kier molecular flexibility index (Phi) is 3.75. The van der Waals surface area contributed by atoms with Gasteiger partial charge in [0, 0.05) is 35.9 Å². The van der Waals surface area contributed by atoms with Crippen LogP contribution < -0.4 is 5.73 Å². The number of hydrogen-bond acceptors (Lipinski definition) is 5. The SMILES string of the molecule is C[C@H](C1CC1)N1CC[C@@]23CC(=O)CC[C@@]2(O)[C@H]1Cc1ccc(C(N)=O)c(O)c13. The van der Waals surface area contributed by atoms with Gasteiger partial charge in [0.15, 0.2) is 0 Å². The first-order valence-corrected chi connectivity index (χ1v) is 10.4. The van der Waals surface area contributed by atoms with E-state index in [0.29, 0.717) is 43.2 Å². The molecular formula is C22H28N2O4. The number of rotatable bonds is 3. The molecule has 150 valence electrons. The van der Waals surface area contributed by atoms with Crippen molar-refractivity contribution in [3.63, 3.8) is 0 Å². The van der Waals surface area contributed by atoms with E-state index in [1.807, 2.05) is 6.07 Å². The standard InChI is InChI=1S/C22H28N2O4/c1-12(13-2-3-13)24-9-8-21-11-15(25)6-7-22(21,28)17(24)10-14-4-5-16(20(23)27)19(26)18(14)21/h4-5,12-13,17,26,28H,2-3,6-11H2,1H3,(H2,23,27)/t12-,17-,21+,22-/m1/s1. The van der Waals surface area contributed by atoms with Gasteiger partial charge < -0.3 is 15.9 Å². The van der Waals surface area contributed by atoms with Crippen molar-refractivity contribution in [1.29, 1.82) is 0 Å². The molecule has 0 unspecified atom stereocenters. The van der Waals surface area contributed by atoms with Gasteiger partial charge in [-0.3, -0.25) is 14.5 Å². The third kappa shape index (κ3) is 2.22. The second-order valence-electron chi connectivity index (χ2n) is 9.37. The predicted molar refractivity (Wildman–Crippen MR) is 103 cm³/mol. The average molecular weight is 384 g/mol. The number of nitrogens with two attached hydrogens (primary N) is 1. The normalized spacial score (nSPS) is 35.8. The van der Waals surface area contributed by atoms with E-state index in [0.717, 1.165) is 12.1 Å². The second-order valence-corrected chi connectivity index (χ2v) is 9.37. The Balaban J connectivity index is 1.70. The largest absolute Gasteiger partial charge is 0.507 e. The van der Waals surface area contributed by atoms with Crippen LogP contribution >= 0.6 is 0 Å². The maximum Gasteiger partial charge on any atom is 0.252 e. The quantitative estimate of drug-likeness (QED) is 0.735. The monoisotopic (exact) mass is 384 g/mol. The fourth-order valence-electron chi connectivity index (χ4n) is 6.48. The molecule has 6 nitrogen and oxygen atoms in total. The maximum atomic E-state index is 12.5. The lowest BCUT2D eigenvalue weighted by Crippen LogP contribution is -2.74. The molecule has 0 radical (unpaired) electrons. The first-order valence-electron chi connectivity index (χ1n) is 10.4. The summed E-state index contributed by atoms with van der Waals surface area (Å²) >= 11 is 0. The van der Waals surface area contributed by atoms with E-state index in [-0.39, 0.29) is 29.6 Å². The lowest BCUT2D eigenvalue weighted by atomic mass is 9.49. The van der Waals surface area contributed by atoms with Crippen LogP contribution in [0.25, 0.3) is 0 Å². The second kappa shape index (κ2) is 5.80. The third-order valence-electron chi connectivity index (χ3n) is 8.11. The van der Waals surface area contributed by atoms with Gasteiger partial charge in [-0.05, 0) is 63.1 Å². The maximum absolute atomic E-state index is 12.5. The Bertz CT molecular complexity index is 880. The molecule has 4 atom stereocenters. The highest BCUT2D eigenvalue weighted by Gasteiger charge is 2.66. The van der Waals surface area contributed by atoms with E-state index < -0.39 is 16.9 Å². The number of piperidine rings is 1. The number of fused-ring (bicyclic) bond motifs is 1. The van der Waals surface area contributed by atoms with Gasteiger partial charge in [-0.15, -0.1) is 0 Å². The molecule has 1 aliphatic heterocycles. The van der Waals surface area contributed by atoms with Crippen LogP contribution in [-0.2, 0) is 16.6 Å². The zero-order chi connectivity index (χ0) is 19.8. The summed E-state index contributed by atoms with van der Waals surface area (Å²) in [5.41, 5.74) is 5.14. The van der Waals surface area contributed by atoms with E-state index in [2.05, 4.69) is 11.8 Å². The number of aliphatic hydroxyl groups is 1. The van der Waals surface area contributed by atoms with Crippen molar-refractivity contribution >= 4 is 11.7 Å². The minimum atomic E-state index is -1.08. The van der Waals surface area contributed by atoms with Crippen LogP contribution in [0.5, 0.6) is 5.75 Å². The number of ketones is 1. The summed E-state index contributed by atoms with van der Waals surface area (Å²) in [6, 6.07) is 3.77. The Morgan fingerprint density at radius 2 is 2.07 bits per heavy atom. The number of Topliss-reactive ketones (excluding diaryl/α,β-unsaturated/α-hetero) is 1. The molecule has 5 rings (SSSR count). The summed E-state index contributed by atoms with van der Waals surface area (Å²) in [7, 11) is 0. The number of carbonyl (C=O) groups excluding carboxylic acids is 2. The van der Waals surface area contributed by atoms with Crippen LogP contribution in [0.4, 0.5) is 0 Å². The van der Waals surface area contributed by atoms with Crippen LogP contribution in [-0.4, -0.2) is 51.0 Å². The van der Waals surface area contributed by atoms with Gasteiger partial charge in [0.25, 0.3) is 5.91 Å². The minimum absolute atomic E-state index is 0.0701. The van der Waals surface area contributed by atoms with Crippen LogP contribution in [0.2, 0.25) is 0 Å². The number of amides is 1. The van der Waals surface area contributed by atoms with Crippen molar-refractivity contribution in [2.24, 2.45) is 11.7 Å². The number of phenols is 1. The molecular weight excluding hydrogens is 356 g/mol. The lowest BCUT2D eigenvalue weighted by molar-refractivity contribution is -0.179. The van der Waals surface area contributed by atoms with E-state index in [1.54, 1.807) is 6.07 Å². The van der Waals surface area contributed by atoms with E-state index in [9.17, 15) is 19.8 Å². The Labute approximate surface area is 164 Å². The van der Waals surface area contributed by atoms with Crippen molar-refractivity contribution < 1.29 is 19.8 Å². The van der Waals surface area contributed by atoms with Gasteiger partial charge in [0.1, 0.15) is 11.5 Å². The highest BCUT2D eigenvalue weighted by atomic mass is 16.3. The molecule has 1 aromatic carbocycles. The number of hydrogen-bond donors (Lipinski definition) is 3. The summed E-state index contributed by atoms with van der Waals surface area (Å²) < 4.78 is 0. The third-order valence-corrected chi connectivity index (χ3v) is 8.11. The summed E-state index contributed by atoms with van der Waals surface area (Å²) in [5, 5.41) is 23.1. The van der Waals surface area contributed by atoms with Crippen molar-refractivity contribution in [2.75, 3.05) is 6.54 Å². The Morgan fingerprint density at radius 3 is 2.75 bits per heavy atom. The minimum Gasteiger partial charge on any atom is -0.507 e. The molecule has 1 amide bonds. The zero-order valence-corrected chi connectivity index (χ0v) is 16.3. The van der Waals surface area contributed by atoms with Crippen molar-refractivity contribution in [1.82, 2.24) is 4.90 Å². The molecule has 28 heavy (non-hydrogen) atoms. The van der Waals surface area contributed by atoms with E-state index in [4.69, 9.17) is 5.73 Å². The highest BCUT2D eigenvalue weighted by Crippen LogP contribution is 2.60. The fraction of sp³-hybridized carbons (Fsp3) is 0.636. The van der Waals surface area contributed by atoms with Gasteiger partial charge in [0.05, 0.1) is 11.2 Å². The van der Waals surface area contributed by atoms with E-state index >= 15 is 0 Å². The summed E-state index contributed by atoms with van der Waals surface area (Å²) in [5.74, 6) is -0.0261. The first kappa shape index (κ1) is 18.1. The molecule has 3 fully saturated rings. The van der Waals surface area contributed by atoms with Crippen LogP contribution in [0, 0.1) is 5.92 Å². The molecule has 3 aliphatic carbocycles. The van der Waals surface area contributed by atoms with Crippen LogP contribution in [0.3, 0.4) is 0 Å². The van der Waals surface area contributed by atoms with Crippen LogP contribution in [0.1, 0.15) is 66.9 Å². The smallest absolute Gasteiger partial charge is 0.252 e. The molecule has 6 heteroatoms. The molecule has 2 saturated carbocycles. The number of nitrogens with zero attached hydrogens (tertiary/aromatic N) is 1. The van der Waals surface area contributed by atoms with E-state index in [1.165, 1.54) is 12.8 Å². The Morgan fingerprint density at radius 1 is 1.32 bits per heavy atom. The number of aromatic hydroxyl groups is 1. The molecule has 4 aliphatic rings. The summed E-state index contributed by atoms with van der Waals surface area (Å²) in [4.78, 5) is 26.8. The lowest BCUT2D eigenvalue weighted by Gasteiger charge is -2.64. The highest BCUT2D eigenvalue weighted by molar-refractivity contribution is 5.96. The molecule has 1 saturated heterocycles. The first-order chi connectivity index (χ1) is 13.3. The van der Waals surface area contributed by atoms with Crippen LogP contribution in [0.15, 0.2) is 12.1 Å². The number of benzene rings is 1. The number of primary amides is 1. The molecule has 4 N–H and O–H groups in total. The zero-order valence-electron chi connectivity index (χ0n) is 16.3. The molecule has 0 aromatic heterocycles. The molecule has 1 aromatic rings. The number of carbonyl (C=O) groups is 2. The topological polar surface area (TPSA) is 104 Å². The van der Waals surface area contributed by atoms with Gasteiger partial charge in [-0.2, -0.15) is 0 Å². The fourth-order valence-corrected chi connectivity index (χ4v) is 6.48. The molecule has 2 bridgehead atoms. The van der Waals surface area contributed by atoms with Gasteiger partial charge in [-0.25, -0.2) is 0 Å². The van der Waals surface area contributed by atoms with Gasteiger partial charge in [0.2, 0.25) is 0 Å². The van der Waals surface area contributed by atoms with Crippen molar-refractivity contribution in [2.45, 2.75) is 75.0 Å². The average Bonchev–Trinajstić information content (AvgIpc) is 3.46. The van der Waals surface area contributed by atoms with Crippen molar-refractivity contribution in [3.8, 4) is 5.75 Å². The Hall–Kier alpha value is -1.92. The number of likely N-dealkylation sites (tertiary alicyclic amines) is 1. The van der Waals surface area contributed by atoms with Gasteiger partial charge in [-0.1, -0.05) is 6.07 Å². The summed E-state index contributed by atoms with van der Waals surface area (Å²) in [6.45, 7) is 3.04. The molecule has 1 heterocycles. The predicted octanol–water partition coefficient (Wildman–Crippen LogP) is 1.64. The summed E-state index contributed by atoms with van der Waals surface area (Å²) in [6.07, 6.45) is 4.69. The van der Waals surface area contributed by atoms with Gasteiger partial charge >= 0.3 is 0 Å².